The second-order valence-corrected chi connectivity index (χ2v) is 5.12. The third-order valence-corrected chi connectivity index (χ3v) is 3.55. The fraction of sp³-hybridized carbons (Fsp3) is 0.105. The van der Waals surface area contributed by atoms with E-state index in [1.54, 1.807) is 24.3 Å². The van der Waals surface area contributed by atoms with Crippen LogP contribution >= 0.6 is 0 Å². The normalized spacial score (nSPS) is 11.1. The molecule has 0 saturated carbocycles. The predicted molar refractivity (Wildman–Crippen MR) is 89.2 cm³/mol. The van der Waals surface area contributed by atoms with Gasteiger partial charge in [0.2, 0.25) is 0 Å². The van der Waals surface area contributed by atoms with Crippen molar-refractivity contribution in [2.75, 3.05) is 14.2 Å². The minimum Gasteiger partial charge on any atom is -0.493 e. The van der Waals surface area contributed by atoms with Gasteiger partial charge in [0, 0.05) is 17.0 Å². The van der Waals surface area contributed by atoms with E-state index in [-0.39, 0.29) is 5.82 Å². The molecule has 1 heterocycles. The van der Waals surface area contributed by atoms with Crippen molar-refractivity contribution in [1.82, 2.24) is 0 Å². The summed E-state index contributed by atoms with van der Waals surface area (Å²) < 4.78 is 29.2. The topological polar surface area (TPSA) is 48.7 Å². The number of furan rings is 1. The molecule has 0 N–H and O–H groups in total. The second-order valence-electron chi connectivity index (χ2n) is 5.12. The van der Waals surface area contributed by atoms with Crippen molar-refractivity contribution in [3.8, 4) is 17.1 Å². The third-order valence-electron chi connectivity index (χ3n) is 3.55. The summed E-state index contributed by atoms with van der Waals surface area (Å²) in [5.74, 6) is 0.292. The van der Waals surface area contributed by atoms with Crippen molar-refractivity contribution in [2.24, 2.45) is 0 Å². The van der Waals surface area contributed by atoms with Crippen LogP contribution in [0.15, 0.2) is 53.0 Å². The molecular formula is C19H15FO4. The summed E-state index contributed by atoms with van der Waals surface area (Å²) in [6.07, 6.45) is 2.96. The van der Waals surface area contributed by atoms with Crippen LogP contribution in [-0.2, 0) is 9.53 Å². The number of ether oxygens (including phenoxy) is 2. The molecule has 4 nitrogen and oxygen atoms in total. The Kier molecular flexibility index (Phi) is 4.33. The largest absolute Gasteiger partial charge is 0.493 e. The van der Waals surface area contributed by atoms with E-state index in [1.165, 1.54) is 32.4 Å². The minimum atomic E-state index is -0.443. The number of hydrogen-bond acceptors (Lipinski definition) is 4. The Morgan fingerprint density at radius 1 is 1.17 bits per heavy atom. The molecule has 2 aromatic carbocycles. The maximum absolute atomic E-state index is 13.4. The summed E-state index contributed by atoms with van der Waals surface area (Å²) >= 11 is 0. The van der Waals surface area contributed by atoms with E-state index in [1.807, 2.05) is 12.1 Å². The first kappa shape index (κ1) is 15.8. The molecule has 0 fully saturated rings. The highest BCUT2D eigenvalue weighted by molar-refractivity contribution is 5.92. The van der Waals surface area contributed by atoms with Crippen LogP contribution in [0.2, 0.25) is 0 Å². The molecule has 5 heteroatoms. The number of esters is 1. The van der Waals surface area contributed by atoms with E-state index in [4.69, 9.17) is 9.15 Å². The Bertz CT molecular complexity index is 924. The maximum Gasteiger partial charge on any atom is 0.330 e. The number of carbonyl (C=O) groups excluding carboxylic acids is 1. The van der Waals surface area contributed by atoms with Crippen molar-refractivity contribution < 1.29 is 23.1 Å². The summed E-state index contributed by atoms with van der Waals surface area (Å²) in [7, 11) is 2.85. The van der Waals surface area contributed by atoms with Gasteiger partial charge < -0.3 is 13.9 Å². The quantitative estimate of drug-likeness (QED) is 0.525. The Labute approximate surface area is 138 Å². The molecule has 1 aromatic heterocycles. The number of fused-ring (bicyclic) bond motifs is 1. The van der Waals surface area contributed by atoms with Crippen LogP contribution in [0, 0.1) is 5.82 Å². The molecular weight excluding hydrogens is 311 g/mol. The van der Waals surface area contributed by atoms with E-state index >= 15 is 0 Å². The van der Waals surface area contributed by atoms with Gasteiger partial charge in [-0.3, -0.25) is 0 Å². The second kappa shape index (κ2) is 6.58. The number of halogens is 1. The summed E-state index contributed by atoms with van der Waals surface area (Å²) in [5, 5.41) is 0.790. The molecule has 0 atom stereocenters. The zero-order valence-electron chi connectivity index (χ0n) is 13.2. The molecule has 3 rings (SSSR count). The van der Waals surface area contributed by atoms with Crippen molar-refractivity contribution in [3.63, 3.8) is 0 Å². The Balaban J connectivity index is 2.08. The van der Waals surface area contributed by atoms with Gasteiger partial charge in [-0.2, -0.15) is 0 Å². The van der Waals surface area contributed by atoms with E-state index in [9.17, 15) is 9.18 Å². The van der Waals surface area contributed by atoms with E-state index in [0.717, 1.165) is 10.9 Å². The summed E-state index contributed by atoms with van der Waals surface area (Å²) in [6, 6.07) is 11.6. The van der Waals surface area contributed by atoms with E-state index in [0.29, 0.717) is 22.7 Å². The number of benzene rings is 2. The molecule has 0 bridgehead atoms. The summed E-state index contributed by atoms with van der Waals surface area (Å²) in [6.45, 7) is 0. The molecule has 0 amide bonds. The highest BCUT2D eigenvalue weighted by atomic mass is 19.1. The zero-order chi connectivity index (χ0) is 17.1. The first-order valence-electron chi connectivity index (χ1n) is 7.24. The van der Waals surface area contributed by atoms with Gasteiger partial charge in [0.05, 0.1) is 14.2 Å². The van der Waals surface area contributed by atoms with E-state index in [2.05, 4.69) is 4.74 Å². The molecule has 24 heavy (non-hydrogen) atoms. The van der Waals surface area contributed by atoms with Crippen LogP contribution in [-0.4, -0.2) is 20.2 Å². The van der Waals surface area contributed by atoms with Gasteiger partial charge in [0.25, 0.3) is 0 Å². The lowest BCUT2D eigenvalue weighted by molar-refractivity contribution is -0.134. The molecule has 0 unspecified atom stereocenters. The number of carbonyl (C=O) groups is 1. The van der Waals surface area contributed by atoms with Gasteiger partial charge in [-0.25, -0.2) is 9.18 Å². The van der Waals surface area contributed by atoms with Crippen molar-refractivity contribution >= 4 is 23.0 Å². The number of methoxy groups -OCH3 is 2. The number of rotatable bonds is 4. The summed E-state index contributed by atoms with van der Waals surface area (Å²) in [4.78, 5) is 11.2. The molecule has 0 aliphatic carbocycles. The lowest BCUT2D eigenvalue weighted by Gasteiger charge is -2.02. The van der Waals surface area contributed by atoms with Crippen LogP contribution in [0.1, 0.15) is 5.56 Å². The first-order chi connectivity index (χ1) is 11.6. The van der Waals surface area contributed by atoms with E-state index < -0.39 is 5.97 Å². The maximum atomic E-state index is 13.4. The fourth-order valence-electron chi connectivity index (χ4n) is 2.41. The predicted octanol–water partition coefficient (Wildman–Crippen LogP) is 4.43. The Morgan fingerprint density at radius 2 is 2.00 bits per heavy atom. The lowest BCUT2D eigenvalue weighted by Crippen LogP contribution is -1.93. The minimum absolute atomic E-state index is 0.332. The van der Waals surface area contributed by atoms with Crippen LogP contribution in [0.5, 0.6) is 5.75 Å². The molecule has 0 saturated heterocycles. The third kappa shape index (κ3) is 3.15. The lowest BCUT2D eigenvalue weighted by atomic mass is 10.1. The van der Waals surface area contributed by atoms with Gasteiger partial charge in [0.15, 0.2) is 11.3 Å². The van der Waals surface area contributed by atoms with Crippen LogP contribution in [0.4, 0.5) is 4.39 Å². The van der Waals surface area contributed by atoms with Crippen molar-refractivity contribution in [1.29, 1.82) is 0 Å². The average molecular weight is 326 g/mol. The highest BCUT2D eigenvalue weighted by Gasteiger charge is 2.12. The van der Waals surface area contributed by atoms with Crippen molar-refractivity contribution in [3.05, 3.63) is 59.9 Å². The first-order valence-corrected chi connectivity index (χ1v) is 7.24. The molecule has 3 aromatic rings. The van der Waals surface area contributed by atoms with Gasteiger partial charge in [-0.15, -0.1) is 0 Å². The Morgan fingerprint density at radius 3 is 2.71 bits per heavy atom. The van der Waals surface area contributed by atoms with Crippen LogP contribution in [0.25, 0.3) is 28.4 Å². The van der Waals surface area contributed by atoms with Gasteiger partial charge in [-0.05, 0) is 42.0 Å². The zero-order valence-corrected chi connectivity index (χ0v) is 13.2. The average Bonchev–Trinajstić information content (AvgIpc) is 3.03. The molecule has 0 aliphatic rings. The van der Waals surface area contributed by atoms with Crippen molar-refractivity contribution in [2.45, 2.75) is 0 Å². The molecule has 0 radical (unpaired) electrons. The SMILES string of the molecule is COC(=O)/C=C/c1cc(OC)c2oc(-c3cccc(F)c3)cc2c1. The van der Waals surface area contributed by atoms with Gasteiger partial charge in [-0.1, -0.05) is 12.1 Å². The monoisotopic (exact) mass is 326 g/mol. The molecule has 0 spiro atoms. The smallest absolute Gasteiger partial charge is 0.330 e. The fourth-order valence-corrected chi connectivity index (χ4v) is 2.41. The van der Waals surface area contributed by atoms with Crippen LogP contribution < -0.4 is 4.74 Å². The highest BCUT2D eigenvalue weighted by Crippen LogP contribution is 2.35. The van der Waals surface area contributed by atoms with Gasteiger partial charge in [0.1, 0.15) is 11.6 Å². The van der Waals surface area contributed by atoms with Gasteiger partial charge >= 0.3 is 5.97 Å². The standard InChI is InChI=1S/C19H15FO4/c1-22-17-9-12(6-7-18(21)23-2)8-14-11-16(24-19(14)17)13-4-3-5-15(20)10-13/h3-11H,1-2H3/b7-6+. The Hall–Kier alpha value is -3.08. The molecule has 122 valence electrons. The van der Waals surface area contributed by atoms with Crippen LogP contribution in [0.3, 0.4) is 0 Å². The summed E-state index contributed by atoms with van der Waals surface area (Å²) in [5.41, 5.74) is 1.96. The molecule has 0 aliphatic heterocycles. The number of hydrogen-bond donors (Lipinski definition) is 0.